The lowest BCUT2D eigenvalue weighted by Gasteiger charge is -2.20. The van der Waals surface area contributed by atoms with Gasteiger partial charge < -0.3 is 10.6 Å². The van der Waals surface area contributed by atoms with Crippen LogP contribution in [-0.2, 0) is 13.0 Å². The normalized spacial score (nSPS) is 14.1. The van der Waals surface area contributed by atoms with Gasteiger partial charge in [-0.3, -0.25) is 0 Å². The molecule has 1 aliphatic heterocycles. The summed E-state index contributed by atoms with van der Waals surface area (Å²) in [4.78, 5) is 3.74. The third-order valence-corrected chi connectivity index (χ3v) is 5.05. The minimum absolute atomic E-state index is 0.896. The molecule has 0 radical (unpaired) electrons. The van der Waals surface area contributed by atoms with Crippen LogP contribution in [0.2, 0.25) is 0 Å². The van der Waals surface area contributed by atoms with Gasteiger partial charge >= 0.3 is 0 Å². The van der Waals surface area contributed by atoms with Crippen LogP contribution in [0.25, 0.3) is 0 Å². The van der Waals surface area contributed by atoms with Crippen LogP contribution in [0.5, 0.6) is 0 Å². The summed E-state index contributed by atoms with van der Waals surface area (Å²) in [6.07, 6.45) is 1.10. The van der Waals surface area contributed by atoms with Crippen LogP contribution in [0.4, 0.5) is 11.4 Å². The summed E-state index contributed by atoms with van der Waals surface area (Å²) in [7, 11) is 0. The molecule has 1 aliphatic rings. The highest BCUT2D eigenvalue weighted by molar-refractivity contribution is 9.10. The molecule has 0 fully saturated rings. The molecule has 0 spiro atoms. The third kappa shape index (κ3) is 1.96. The molecular weight excluding hydrogens is 296 g/mol. The second-order valence-corrected chi connectivity index (χ2v) is 6.07. The number of fused-ring (bicyclic) bond motifs is 1. The van der Waals surface area contributed by atoms with Crippen molar-refractivity contribution in [2.24, 2.45) is 0 Å². The maximum Gasteiger partial charge on any atom is 0.0636 e. The van der Waals surface area contributed by atoms with E-state index < -0.39 is 0 Å². The second kappa shape index (κ2) is 4.35. The van der Waals surface area contributed by atoms with Crippen LogP contribution in [-0.4, -0.2) is 6.54 Å². The van der Waals surface area contributed by atoms with E-state index in [9.17, 15) is 0 Å². The summed E-state index contributed by atoms with van der Waals surface area (Å²) in [6, 6.07) is 8.31. The van der Waals surface area contributed by atoms with E-state index >= 15 is 0 Å². The highest BCUT2D eigenvalue weighted by Gasteiger charge is 2.22. The van der Waals surface area contributed by atoms with Gasteiger partial charge in [-0.05, 0) is 45.4 Å². The Morgan fingerprint density at radius 2 is 2.24 bits per heavy atom. The number of halogens is 1. The number of para-hydroxylation sites is 1. The summed E-state index contributed by atoms with van der Waals surface area (Å²) in [5, 5.41) is 2.12. The van der Waals surface area contributed by atoms with E-state index in [2.05, 4.69) is 38.3 Å². The van der Waals surface area contributed by atoms with Crippen molar-refractivity contribution in [1.29, 1.82) is 0 Å². The number of thiophene rings is 1. The van der Waals surface area contributed by atoms with Crippen LogP contribution < -0.4 is 10.6 Å². The first kappa shape index (κ1) is 11.1. The molecule has 88 valence electrons. The molecule has 3 rings (SSSR count). The van der Waals surface area contributed by atoms with Crippen molar-refractivity contribution >= 4 is 38.6 Å². The Hall–Kier alpha value is -1.00. The predicted molar refractivity (Wildman–Crippen MR) is 77.6 cm³/mol. The lowest BCUT2D eigenvalue weighted by molar-refractivity contribution is 0.845. The molecule has 0 amide bonds. The first-order valence-corrected chi connectivity index (χ1v) is 7.27. The number of anilines is 2. The first-order valence-electron chi connectivity index (χ1n) is 5.60. The van der Waals surface area contributed by atoms with Gasteiger partial charge in [0.05, 0.1) is 17.9 Å². The molecule has 0 saturated carbocycles. The number of hydrogen-bond acceptors (Lipinski definition) is 3. The van der Waals surface area contributed by atoms with Crippen molar-refractivity contribution in [2.45, 2.75) is 13.0 Å². The van der Waals surface area contributed by atoms with Gasteiger partial charge in [0.25, 0.3) is 0 Å². The highest BCUT2D eigenvalue weighted by Crippen LogP contribution is 2.36. The van der Waals surface area contributed by atoms with Crippen molar-refractivity contribution in [3.63, 3.8) is 0 Å². The number of hydrogen-bond donors (Lipinski definition) is 1. The zero-order chi connectivity index (χ0) is 11.8. The average Bonchev–Trinajstić information content (AvgIpc) is 2.89. The Balaban J connectivity index is 1.92. The zero-order valence-corrected chi connectivity index (χ0v) is 11.7. The summed E-state index contributed by atoms with van der Waals surface area (Å²) in [5.74, 6) is 0. The van der Waals surface area contributed by atoms with Gasteiger partial charge in [-0.2, -0.15) is 0 Å². The van der Waals surface area contributed by atoms with E-state index in [-0.39, 0.29) is 0 Å². The van der Waals surface area contributed by atoms with E-state index in [0.29, 0.717) is 0 Å². The number of nitrogen functional groups attached to an aromatic ring is 1. The van der Waals surface area contributed by atoms with E-state index in [0.717, 1.165) is 25.2 Å². The topological polar surface area (TPSA) is 29.3 Å². The molecule has 2 nitrogen and oxygen atoms in total. The molecule has 2 N–H and O–H groups in total. The molecule has 2 heterocycles. The van der Waals surface area contributed by atoms with Gasteiger partial charge in [-0.15, -0.1) is 11.3 Å². The van der Waals surface area contributed by atoms with Gasteiger partial charge in [0.1, 0.15) is 0 Å². The molecule has 0 aliphatic carbocycles. The molecule has 1 aromatic carbocycles. The van der Waals surface area contributed by atoms with Crippen molar-refractivity contribution in [2.75, 3.05) is 17.2 Å². The Labute approximate surface area is 113 Å². The first-order chi connectivity index (χ1) is 8.25. The maximum atomic E-state index is 6.08. The summed E-state index contributed by atoms with van der Waals surface area (Å²) >= 11 is 5.37. The quantitative estimate of drug-likeness (QED) is 0.858. The highest BCUT2D eigenvalue weighted by atomic mass is 79.9. The van der Waals surface area contributed by atoms with Crippen molar-refractivity contribution < 1.29 is 0 Å². The monoisotopic (exact) mass is 308 g/mol. The molecule has 0 saturated heterocycles. The van der Waals surface area contributed by atoms with Crippen LogP contribution in [0.3, 0.4) is 0 Å². The van der Waals surface area contributed by atoms with E-state index in [1.165, 1.54) is 20.6 Å². The Morgan fingerprint density at radius 3 is 3.00 bits per heavy atom. The molecular formula is C13H13BrN2S. The maximum absolute atomic E-state index is 6.08. The average molecular weight is 309 g/mol. The smallest absolute Gasteiger partial charge is 0.0636 e. The van der Waals surface area contributed by atoms with Gasteiger partial charge in [0.2, 0.25) is 0 Å². The minimum Gasteiger partial charge on any atom is -0.397 e. The fraction of sp³-hybridized carbons (Fsp3) is 0.231. The summed E-state index contributed by atoms with van der Waals surface area (Å²) < 4.78 is 1.20. The molecule has 2 aromatic rings. The zero-order valence-electron chi connectivity index (χ0n) is 9.32. The Bertz CT molecular complexity index is 550. The van der Waals surface area contributed by atoms with Crippen LogP contribution in [0.15, 0.2) is 34.1 Å². The number of rotatable bonds is 2. The second-order valence-electron chi connectivity index (χ2n) is 4.22. The Morgan fingerprint density at radius 1 is 1.35 bits per heavy atom. The number of nitrogens with two attached hydrogens (primary N) is 1. The van der Waals surface area contributed by atoms with Crippen LogP contribution >= 0.6 is 27.3 Å². The van der Waals surface area contributed by atoms with Crippen molar-refractivity contribution in [1.82, 2.24) is 0 Å². The molecule has 1 aromatic heterocycles. The summed E-state index contributed by atoms with van der Waals surface area (Å²) in [6.45, 7) is 2.01. The van der Waals surface area contributed by atoms with Gasteiger partial charge in [-0.25, -0.2) is 0 Å². The predicted octanol–water partition coefficient (Wildman–Crippen LogP) is 3.66. The fourth-order valence-electron chi connectivity index (χ4n) is 2.34. The van der Waals surface area contributed by atoms with Gasteiger partial charge in [-0.1, -0.05) is 12.1 Å². The molecule has 0 bridgehead atoms. The largest absolute Gasteiger partial charge is 0.397 e. The standard InChI is InChI=1S/C13H13BrN2S/c14-10-5-7-17-12(10)8-16-6-4-9-2-1-3-11(15)13(9)16/h1-3,5,7H,4,6,8,15H2. The molecule has 0 atom stereocenters. The van der Waals surface area contributed by atoms with Crippen molar-refractivity contribution in [3.05, 3.63) is 44.6 Å². The van der Waals surface area contributed by atoms with Crippen molar-refractivity contribution in [3.8, 4) is 0 Å². The SMILES string of the molecule is Nc1cccc2c1N(Cc1sccc1Br)CC2. The molecule has 4 heteroatoms. The number of nitrogens with zero attached hydrogens (tertiary/aromatic N) is 1. The summed E-state index contributed by atoms with van der Waals surface area (Å²) in [5.41, 5.74) is 9.58. The molecule has 17 heavy (non-hydrogen) atoms. The fourth-order valence-corrected chi connectivity index (χ4v) is 3.83. The lowest BCUT2D eigenvalue weighted by atomic mass is 10.1. The van der Waals surface area contributed by atoms with Gasteiger partial charge in [0, 0.05) is 15.9 Å². The minimum atomic E-state index is 0.896. The number of benzene rings is 1. The van der Waals surface area contributed by atoms with E-state index in [1.54, 1.807) is 11.3 Å². The van der Waals surface area contributed by atoms with Gasteiger partial charge in [0.15, 0.2) is 0 Å². The van der Waals surface area contributed by atoms with Crippen LogP contribution in [0, 0.1) is 0 Å². The van der Waals surface area contributed by atoms with E-state index in [4.69, 9.17) is 5.73 Å². The lowest BCUT2D eigenvalue weighted by Crippen LogP contribution is -2.20. The molecule has 0 unspecified atom stereocenters. The Kier molecular flexibility index (Phi) is 2.84. The van der Waals surface area contributed by atoms with Crippen LogP contribution in [0.1, 0.15) is 10.4 Å². The van der Waals surface area contributed by atoms with E-state index in [1.807, 2.05) is 12.1 Å². The third-order valence-electron chi connectivity index (χ3n) is 3.14.